The van der Waals surface area contributed by atoms with Crippen molar-refractivity contribution in [3.05, 3.63) is 0 Å². The fraction of sp³-hybridized carbons (Fsp3) is 0.900. The Morgan fingerprint density at radius 1 is 1.50 bits per heavy atom. The Labute approximate surface area is 108 Å². The molecule has 1 fully saturated rings. The van der Waals surface area contributed by atoms with Gasteiger partial charge in [0.1, 0.15) is 6.10 Å². The highest BCUT2D eigenvalue weighted by Crippen LogP contribution is 2.12. The van der Waals surface area contributed by atoms with Crippen LogP contribution < -0.4 is 10.5 Å². The van der Waals surface area contributed by atoms with Gasteiger partial charge in [-0.3, -0.25) is 4.79 Å². The number of nitrogens with one attached hydrogen (secondary N) is 1. The lowest BCUT2D eigenvalue weighted by molar-refractivity contribution is -0.142. The Bertz CT molecular complexity index is 373. The van der Waals surface area contributed by atoms with E-state index in [1.165, 1.54) is 7.11 Å². The third-order valence-electron chi connectivity index (χ3n) is 2.96. The van der Waals surface area contributed by atoms with Crippen LogP contribution in [0.1, 0.15) is 12.8 Å². The van der Waals surface area contributed by atoms with Crippen LogP contribution in [0.5, 0.6) is 0 Å². The number of hydrogen-bond donors (Lipinski definition) is 2. The zero-order chi connectivity index (χ0) is 13.8. The Kier molecular flexibility index (Phi) is 5.51. The molecule has 3 N–H and O–H groups in total. The molecule has 7 nitrogen and oxygen atoms in total. The van der Waals surface area contributed by atoms with Crippen molar-refractivity contribution in [3.63, 3.8) is 0 Å². The molecule has 1 unspecified atom stereocenters. The summed E-state index contributed by atoms with van der Waals surface area (Å²) in [6.07, 6.45) is 1.75. The van der Waals surface area contributed by atoms with Crippen LogP contribution in [0, 0.1) is 0 Å². The second-order valence-corrected chi connectivity index (χ2v) is 6.23. The number of nitrogens with zero attached hydrogens (tertiary/aromatic N) is 1. The molecule has 0 aromatic rings. The van der Waals surface area contributed by atoms with Crippen molar-refractivity contribution in [2.24, 2.45) is 5.73 Å². The van der Waals surface area contributed by atoms with E-state index >= 15 is 0 Å². The van der Waals surface area contributed by atoms with E-state index in [2.05, 4.69) is 4.72 Å². The second-order valence-electron chi connectivity index (χ2n) is 4.45. The molecule has 8 heteroatoms. The largest absolute Gasteiger partial charge is 0.370 e. The van der Waals surface area contributed by atoms with Crippen molar-refractivity contribution >= 4 is 15.9 Å². The average Bonchev–Trinajstić information content (AvgIpc) is 2.29. The summed E-state index contributed by atoms with van der Waals surface area (Å²) in [4.78, 5) is 13.6. The zero-order valence-electron chi connectivity index (χ0n) is 10.8. The molecule has 1 heterocycles. The van der Waals surface area contributed by atoms with Gasteiger partial charge in [0.05, 0.1) is 6.26 Å². The first-order valence-corrected chi connectivity index (χ1v) is 7.75. The molecule has 0 aliphatic carbocycles. The van der Waals surface area contributed by atoms with E-state index in [1.54, 1.807) is 4.90 Å². The second kappa shape index (κ2) is 6.46. The number of nitrogens with two attached hydrogens (primary N) is 1. The molecule has 0 aromatic heterocycles. The van der Waals surface area contributed by atoms with E-state index in [9.17, 15) is 13.2 Å². The van der Waals surface area contributed by atoms with E-state index in [4.69, 9.17) is 10.5 Å². The number of hydrogen-bond acceptors (Lipinski definition) is 5. The quantitative estimate of drug-likeness (QED) is 0.638. The van der Waals surface area contributed by atoms with Crippen molar-refractivity contribution in [1.82, 2.24) is 9.62 Å². The Hall–Kier alpha value is -0.700. The minimum absolute atomic E-state index is 0.0945. The molecule has 1 atom stereocenters. The first-order valence-electron chi connectivity index (χ1n) is 5.86. The lowest BCUT2D eigenvalue weighted by Crippen LogP contribution is -2.50. The standard InChI is InChI=1S/C10H21N3O4S/c1-17-9(7-11)10(14)13-5-3-8(4-6-13)12-18(2,15)16/h8-9,12H,3-7,11H2,1-2H3. The van der Waals surface area contributed by atoms with Crippen molar-refractivity contribution < 1.29 is 17.9 Å². The Balaban J connectivity index is 2.46. The van der Waals surface area contributed by atoms with Gasteiger partial charge < -0.3 is 15.4 Å². The smallest absolute Gasteiger partial charge is 0.253 e. The summed E-state index contributed by atoms with van der Waals surface area (Å²) < 4.78 is 29.7. The fourth-order valence-electron chi connectivity index (χ4n) is 2.02. The van der Waals surface area contributed by atoms with Crippen LogP contribution in [0.4, 0.5) is 0 Å². The minimum Gasteiger partial charge on any atom is -0.370 e. The van der Waals surface area contributed by atoms with Crippen molar-refractivity contribution in [1.29, 1.82) is 0 Å². The molecule has 0 spiro atoms. The lowest BCUT2D eigenvalue weighted by atomic mass is 10.1. The number of rotatable bonds is 5. The average molecular weight is 279 g/mol. The van der Waals surface area contributed by atoms with Crippen LogP contribution >= 0.6 is 0 Å². The number of sulfonamides is 1. The maximum Gasteiger partial charge on any atom is 0.253 e. The van der Waals surface area contributed by atoms with Gasteiger partial charge in [0.2, 0.25) is 10.0 Å². The third kappa shape index (κ3) is 4.52. The monoisotopic (exact) mass is 279 g/mol. The molecule has 18 heavy (non-hydrogen) atoms. The van der Waals surface area contributed by atoms with E-state index in [-0.39, 0.29) is 18.5 Å². The van der Waals surface area contributed by atoms with Gasteiger partial charge in [0.15, 0.2) is 0 Å². The third-order valence-corrected chi connectivity index (χ3v) is 3.72. The highest BCUT2D eigenvalue weighted by atomic mass is 32.2. The highest BCUT2D eigenvalue weighted by molar-refractivity contribution is 7.88. The predicted molar refractivity (Wildman–Crippen MR) is 67.4 cm³/mol. The molecule has 0 radical (unpaired) electrons. The van der Waals surface area contributed by atoms with Gasteiger partial charge in [-0.05, 0) is 12.8 Å². The van der Waals surface area contributed by atoms with E-state index in [1.807, 2.05) is 0 Å². The summed E-state index contributed by atoms with van der Waals surface area (Å²) in [6, 6.07) is -0.0945. The molecular formula is C10H21N3O4S. The normalized spacial score (nSPS) is 19.8. The SMILES string of the molecule is COC(CN)C(=O)N1CCC(NS(C)(=O)=O)CC1. The minimum atomic E-state index is -3.19. The molecule has 106 valence electrons. The zero-order valence-corrected chi connectivity index (χ0v) is 11.6. The molecule has 1 saturated heterocycles. The van der Waals surface area contributed by atoms with Gasteiger partial charge in [-0.2, -0.15) is 0 Å². The Morgan fingerprint density at radius 2 is 2.06 bits per heavy atom. The number of amides is 1. The first-order chi connectivity index (χ1) is 8.37. The summed E-state index contributed by atoms with van der Waals surface area (Å²) in [5, 5.41) is 0. The van der Waals surface area contributed by atoms with Crippen molar-refractivity contribution in [2.45, 2.75) is 25.0 Å². The number of likely N-dealkylation sites (tertiary alicyclic amines) is 1. The van der Waals surface area contributed by atoms with E-state index in [0.717, 1.165) is 6.26 Å². The summed E-state index contributed by atoms with van der Waals surface area (Å²) in [7, 11) is -1.73. The van der Waals surface area contributed by atoms with E-state index < -0.39 is 16.1 Å². The summed E-state index contributed by atoms with van der Waals surface area (Å²) in [6.45, 7) is 1.19. The van der Waals surface area contributed by atoms with Crippen LogP contribution in [0.2, 0.25) is 0 Å². The van der Waals surface area contributed by atoms with Gasteiger partial charge in [0, 0.05) is 32.8 Å². The lowest BCUT2D eigenvalue weighted by Gasteiger charge is -2.33. The van der Waals surface area contributed by atoms with Crippen LogP contribution in [0.25, 0.3) is 0 Å². The van der Waals surface area contributed by atoms with Gasteiger partial charge in [-0.25, -0.2) is 13.1 Å². The maximum absolute atomic E-state index is 11.9. The molecule has 0 bridgehead atoms. The topological polar surface area (TPSA) is 102 Å². The van der Waals surface area contributed by atoms with Crippen molar-refractivity contribution in [2.75, 3.05) is 33.0 Å². The van der Waals surface area contributed by atoms with Gasteiger partial charge in [-0.1, -0.05) is 0 Å². The first kappa shape index (κ1) is 15.4. The molecule has 1 rings (SSSR count). The molecule has 1 aliphatic rings. The number of carbonyl (C=O) groups excluding carboxylic acids is 1. The molecular weight excluding hydrogens is 258 g/mol. The number of piperidine rings is 1. The van der Waals surface area contributed by atoms with Crippen LogP contribution in [-0.2, 0) is 19.6 Å². The highest BCUT2D eigenvalue weighted by Gasteiger charge is 2.28. The van der Waals surface area contributed by atoms with Gasteiger partial charge in [-0.15, -0.1) is 0 Å². The summed E-state index contributed by atoms with van der Waals surface area (Å²) in [5.74, 6) is -0.127. The van der Waals surface area contributed by atoms with Crippen LogP contribution in [0.3, 0.4) is 0 Å². The number of methoxy groups -OCH3 is 1. The van der Waals surface area contributed by atoms with Crippen molar-refractivity contribution in [3.8, 4) is 0 Å². The van der Waals surface area contributed by atoms with Gasteiger partial charge in [0.25, 0.3) is 5.91 Å². The molecule has 1 aliphatic heterocycles. The van der Waals surface area contributed by atoms with E-state index in [0.29, 0.717) is 25.9 Å². The maximum atomic E-state index is 11.9. The summed E-state index contributed by atoms with van der Waals surface area (Å²) in [5.41, 5.74) is 5.44. The fourth-order valence-corrected chi connectivity index (χ4v) is 2.86. The molecule has 0 saturated carbocycles. The molecule has 0 aromatic carbocycles. The number of ether oxygens (including phenoxy) is 1. The van der Waals surface area contributed by atoms with Gasteiger partial charge >= 0.3 is 0 Å². The van der Waals surface area contributed by atoms with Crippen LogP contribution in [0.15, 0.2) is 0 Å². The number of carbonyl (C=O) groups is 1. The van der Waals surface area contributed by atoms with Crippen LogP contribution in [-0.4, -0.2) is 64.4 Å². The predicted octanol–water partition coefficient (Wildman–Crippen LogP) is -1.50. The Morgan fingerprint density at radius 3 is 2.44 bits per heavy atom. The summed E-state index contributed by atoms with van der Waals surface area (Å²) >= 11 is 0. The molecule has 1 amide bonds.